The molecule has 0 aliphatic heterocycles. The Morgan fingerprint density at radius 1 is 0.933 bits per heavy atom. The van der Waals surface area contributed by atoms with E-state index in [9.17, 15) is 10.2 Å². The van der Waals surface area contributed by atoms with Crippen LogP contribution in [0.3, 0.4) is 0 Å². The zero-order valence-corrected chi connectivity index (χ0v) is 8.79. The summed E-state index contributed by atoms with van der Waals surface area (Å²) in [4.78, 5) is 0. The van der Waals surface area contributed by atoms with Crippen LogP contribution in [0.1, 0.15) is 19.3 Å². The normalized spacial score (nSPS) is 59.5. The Labute approximate surface area is 90.0 Å². The molecule has 4 aliphatic carbocycles. The molecular weight excluding hydrogens is 188 g/mol. The molecule has 0 aromatic rings. The Balaban J connectivity index is 1.69. The SMILES string of the molecule is OC(O)C1CC2CC1C1C3C=CC(C3)C21. The van der Waals surface area contributed by atoms with Crippen molar-refractivity contribution in [3.05, 3.63) is 12.2 Å². The second kappa shape index (κ2) is 2.67. The third-order valence-electron chi connectivity index (χ3n) is 5.70. The van der Waals surface area contributed by atoms with Gasteiger partial charge < -0.3 is 10.2 Å². The van der Waals surface area contributed by atoms with Gasteiger partial charge in [-0.1, -0.05) is 12.2 Å². The zero-order valence-electron chi connectivity index (χ0n) is 8.79. The van der Waals surface area contributed by atoms with Crippen LogP contribution in [-0.4, -0.2) is 16.5 Å². The second-order valence-electron chi connectivity index (χ2n) is 6.08. The molecule has 4 rings (SSSR count). The highest BCUT2D eigenvalue weighted by molar-refractivity contribution is 5.20. The van der Waals surface area contributed by atoms with Crippen molar-refractivity contribution in [3.8, 4) is 0 Å². The van der Waals surface area contributed by atoms with Crippen molar-refractivity contribution in [1.82, 2.24) is 0 Å². The molecule has 2 heteroatoms. The number of hydrogen-bond acceptors (Lipinski definition) is 2. The van der Waals surface area contributed by atoms with Gasteiger partial charge in [-0.3, -0.25) is 0 Å². The van der Waals surface area contributed by atoms with Gasteiger partial charge in [0.05, 0.1) is 0 Å². The highest BCUT2D eigenvalue weighted by Crippen LogP contribution is 2.67. The smallest absolute Gasteiger partial charge is 0.154 e. The van der Waals surface area contributed by atoms with Crippen molar-refractivity contribution in [2.45, 2.75) is 25.6 Å². The minimum absolute atomic E-state index is 0.184. The van der Waals surface area contributed by atoms with Gasteiger partial charge in [0, 0.05) is 5.92 Å². The summed E-state index contributed by atoms with van der Waals surface area (Å²) in [6, 6.07) is 0. The van der Waals surface area contributed by atoms with Crippen LogP contribution < -0.4 is 0 Å². The van der Waals surface area contributed by atoms with Crippen LogP contribution >= 0.6 is 0 Å². The molecule has 3 saturated carbocycles. The van der Waals surface area contributed by atoms with E-state index in [0.717, 1.165) is 36.0 Å². The third-order valence-corrected chi connectivity index (χ3v) is 5.70. The van der Waals surface area contributed by atoms with Gasteiger partial charge >= 0.3 is 0 Å². The molecule has 2 N–H and O–H groups in total. The molecule has 7 atom stereocenters. The summed E-state index contributed by atoms with van der Waals surface area (Å²) >= 11 is 0. The lowest BCUT2D eigenvalue weighted by molar-refractivity contribution is -0.110. The summed E-state index contributed by atoms with van der Waals surface area (Å²) in [6.45, 7) is 0. The van der Waals surface area contributed by atoms with Crippen molar-refractivity contribution in [2.75, 3.05) is 0 Å². The summed E-state index contributed by atoms with van der Waals surface area (Å²) in [5, 5.41) is 18.8. The van der Waals surface area contributed by atoms with Crippen molar-refractivity contribution in [2.24, 2.45) is 41.4 Å². The first kappa shape index (κ1) is 8.77. The first-order valence-corrected chi connectivity index (χ1v) is 6.30. The number of aliphatic hydroxyl groups excluding tert-OH is 1. The van der Waals surface area contributed by atoms with Crippen LogP contribution in [0.2, 0.25) is 0 Å². The van der Waals surface area contributed by atoms with E-state index in [1.54, 1.807) is 0 Å². The summed E-state index contributed by atoms with van der Waals surface area (Å²) in [6.07, 6.45) is 7.46. The van der Waals surface area contributed by atoms with Gasteiger partial charge in [-0.15, -0.1) is 0 Å². The van der Waals surface area contributed by atoms with Crippen LogP contribution in [0.25, 0.3) is 0 Å². The monoisotopic (exact) mass is 206 g/mol. The van der Waals surface area contributed by atoms with Crippen molar-refractivity contribution >= 4 is 0 Å². The molecule has 0 heterocycles. The predicted octanol–water partition coefficient (Wildman–Crippen LogP) is 1.39. The van der Waals surface area contributed by atoms with Crippen molar-refractivity contribution in [1.29, 1.82) is 0 Å². The molecule has 0 aromatic heterocycles. The van der Waals surface area contributed by atoms with Crippen LogP contribution in [0.4, 0.5) is 0 Å². The maximum Gasteiger partial charge on any atom is 0.154 e. The summed E-state index contributed by atoms with van der Waals surface area (Å²) in [5.41, 5.74) is 0. The van der Waals surface area contributed by atoms with Gasteiger partial charge in [-0.2, -0.15) is 0 Å². The fourth-order valence-electron chi connectivity index (χ4n) is 5.41. The Kier molecular flexibility index (Phi) is 1.56. The lowest BCUT2D eigenvalue weighted by atomic mass is 9.69. The lowest BCUT2D eigenvalue weighted by Crippen LogP contribution is -2.36. The van der Waals surface area contributed by atoms with Gasteiger partial charge in [0.15, 0.2) is 6.29 Å². The van der Waals surface area contributed by atoms with E-state index >= 15 is 0 Å². The van der Waals surface area contributed by atoms with E-state index in [4.69, 9.17) is 0 Å². The van der Waals surface area contributed by atoms with Gasteiger partial charge in [0.25, 0.3) is 0 Å². The van der Waals surface area contributed by atoms with E-state index < -0.39 is 6.29 Å². The maximum absolute atomic E-state index is 9.40. The van der Waals surface area contributed by atoms with Crippen molar-refractivity contribution < 1.29 is 10.2 Å². The van der Waals surface area contributed by atoms with E-state index in [0.29, 0.717) is 5.92 Å². The number of aliphatic hydroxyl groups is 2. The third kappa shape index (κ3) is 0.931. The average molecular weight is 206 g/mol. The molecule has 4 aliphatic rings. The van der Waals surface area contributed by atoms with Gasteiger partial charge in [-0.05, 0) is 54.8 Å². The summed E-state index contributed by atoms with van der Waals surface area (Å²) in [7, 11) is 0. The number of hydrogen-bond donors (Lipinski definition) is 2. The molecule has 0 radical (unpaired) electrons. The van der Waals surface area contributed by atoms with Crippen molar-refractivity contribution in [3.63, 3.8) is 0 Å². The average Bonchev–Trinajstić information content (AvgIpc) is 2.95. The predicted molar refractivity (Wildman–Crippen MR) is 55.6 cm³/mol. The molecule has 82 valence electrons. The quantitative estimate of drug-likeness (QED) is 0.387. The number of rotatable bonds is 1. The maximum atomic E-state index is 9.40. The number of fused-ring (bicyclic) bond motifs is 9. The van der Waals surface area contributed by atoms with Crippen LogP contribution in [-0.2, 0) is 0 Å². The highest BCUT2D eigenvalue weighted by atomic mass is 16.5. The summed E-state index contributed by atoms with van der Waals surface area (Å²) < 4.78 is 0. The minimum Gasteiger partial charge on any atom is -0.368 e. The van der Waals surface area contributed by atoms with Gasteiger partial charge in [-0.25, -0.2) is 0 Å². The fourth-order valence-corrected chi connectivity index (χ4v) is 5.41. The molecule has 0 saturated heterocycles. The largest absolute Gasteiger partial charge is 0.368 e. The fraction of sp³-hybridized carbons (Fsp3) is 0.846. The molecule has 7 unspecified atom stereocenters. The van der Waals surface area contributed by atoms with Gasteiger partial charge in [0.1, 0.15) is 0 Å². The first-order valence-electron chi connectivity index (χ1n) is 6.30. The van der Waals surface area contributed by atoms with Crippen LogP contribution in [0, 0.1) is 41.4 Å². The van der Waals surface area contributed by atoms with E-state index in [-0.39, 0.29) is 5.92 Å². The summed E-state index contributed by atoms with van der Waals surface area (Å²) in [5.74, 6) is 4.91. The second-order valence-corrected chi connectivity index (χ2v) is 6.08. The highest BCUT2D eigenvalue weighted by Gasteiger charge is 2.61. The lowest BCUT2D eigenvalue weighted by Gasteiger charge is -2.37. The van der Waals surface area contributed by atoms with Crippen LogP contribution in [0.15, 0.2) is 12.2 Å². The zero-order chi connectivity index (χ0) is 10.2. The molecule has 0 aromatic carbocycles. The topological polar surface area (TPSA) is 40.5 Å². The number of allylic oxidation sites excluding steroid dienone is 2. The van der Waals surface area contributed by atoms with E-state index in [2.05, 4.69) is 12.2 Å². The van der Waals surface area contributed by atoms with Gasteiger partial charge in [0.2, 0.25) is 0 Å². The Morgan fingerprint density at radius 2 is 1.67 bits per heavy atom. The minimum atomic E-state index is -1.07. The molecule has 4 bridgehead atoms. The Morgan fingerprint density at radius 3 is 2.40 bits per heavy atom. The standard InChI is InChI=1S/C13H18O2/c14-13(15)10-5-8-4-9(10)12-7-2-1-6(3-7)11(8)12/h1-2,6-15H,3-5H2. The molecule has 15 heavy (non-hydrogen) atoms. The molecular formula is C13H18O2. The Hall–Kier alpha value is -0.340. The molecule has 3 fully saturated rings. The van der Waals surface area contributed by atoms with E-state index in [1.165, 1.54) is 12.8 Å². The molecule has 0 amide bonds. The molecule has 0 spiro atoms. The van der Waals surface area contributed by atoms with Crippen LogP contribution in [0.5, 0.6) is 0 Å². The first-order chi connectivity index (χ1) is 7.25. The Bertz CT molecular complexity index is 322. The molecule has 2 nitrogen and oxygen atoms in total. The van der Waals surface area contributed by atoms with E-state index in [1.807, 2.05) is 0 Å².